The smallest absolute Gasteiger partial charge is 0.244 e. The molecule has 1 aromatic heterocycles. The second-order valence-electron chi connectivity index (χ2n) is 6.13. The van der Waals surface area contributed by atoms with Gasteiger partial charge in [-0.1, -0.05) is 0 Å². The summed E-state index contributed by atoms with van der Waals surface area (Å²) in [6.07, 6.45) is 6.10. The lowest BCUT2D eigenvalue weighted by atomic mass is 9.91. The van der Waals surface area contributed by atoms with Gasteiger partial charge in [0.15, 0.2) is 0 Å². The van der Waals surface area contributed by atoms with Gasteiger partial charge in [-0.2, -0.15) is 0 Å². The molecule has 3 N–H and O–H groups in total. The Kier molecular flexibility index (Phi) is 3.90. The first-order valence-corrected chi connectivity index (χ1v) is 8.88. The summed E-state index contributed by atoms with van der Waals surface area (Å²) >= 11 is 0. The van der Waals surface area contributed by atoms with Crippen LogP contribution >= 0.6 is 0 Å². The topological polar surface area (TPSA) is 88.3 Å². The van der Waals surface area contributed by atoms with Crippen LogP contribution in [0.15, 0.2) is 23.2 Å². The molecule has 3 heterocycles. The second-order valence-corrected chi connectivity index (χ2v) is 7.86. The summed E-state index contributed by atoms with van der Waals surface area (Å²) in [5, 5.41) is 0. The zero-order chi connectivity index (χ0) is 15.0. The maximum atomic E-state index is 12.3. The van der Waals surface area contributed by atoms with Crippen molar-refractivity contribution in [2.45, 2.75) is 42.7 Å². The molecule has 0 radical (unpaired) electrons. The number of aromatic nitrogens is 1. The van der Waals surface area contributed by atoms with E-state index < -0.39 is 10.0 Å². The highest BCUT2D eigenvalue weighted by atomic mass is 32.2. The Bertz CT molecular complexity index is 605. The lowest BCUT2D eigenvalue weighted by molar-refractivity contribution is 0.135. The predicted octanol–water partition coefficient (Wildman–Crippen LogP) is 0.815. The Morgan fingerprint density at radius 2 is 2.05 bits per heavy atom. The van der Waals surface area contributed by atoms with Crippen LogP contribution in [0.1, 0.15) is 25.7 Å². The summed E-state index contributed by atoms with van der Waals surface area (Å²) in [4.78, 5) is 6.35. The van der Waals surface area contributed by atoms with Crippen LogP contribution in [0, 0.1) is 5.92 Å². The van der Waals surface area contributed by atoms with Gasteiger partial charge in [0.25, 0.3) is 0 Å². The lowest BCUT2D eigenvalue weighted by Gasteiger charge is -2.36. The largest absolute Gasteiger partial charge is 0.383 e. The van der Waals surface area contributed by atoms with Gasteiger partial charge in [0.05, 0.1) is 0 Å². The van der Waals surface area contributed by atoms with Gasteiger partial charge < -0.3 is 10.6 Å². The quantitative estimate of drug-likeness (QED) is 0.859. The van der Waals surface area contributed by atoms with Crippen molar-refractivity contribution in [1.82, 2.24) is 14.6 Å². The average Bonchev–Trinajstić information content (AvgIpc) is 2.67. The molecule has 0 spiro atoms. The monoisotopic (exact) mass is 310 g/mol. The zero-order valence-corrected chi connectivity index (χ0v) is 13.0. The van der Waals surface area contributed by atoms with Crippen LogP contribution in [0.4, 0.5) is 5.82 Å². The number of anilines is 1. The van der Waals surface area contributed by atoms with Gasteiger partial charge in [-0.3, -0.25) is 0 Å². The van der Waals surface area contributed by atoms with Gasteiger partial charge in [0.2, 0.25) is 10.0 Å². The highest BCUT2D eigenvalue weighted by Crippen LogP contribution is 2.37. The molecule has 7 heteroatoms. The Balaban J connectivity index is 1.64. The van der Waals surface area contributed by atoms with Gasteiger partial charge in [-0.25, -0.2) is 18.1 Å². The van der Waals surface area contributed by atoms with Crippen molar-refractivity contribution < 1.29 is 8.42 Å². The van der Waals surface area contributed by atoms with Crippen LogP contribution in [0.3, 0.4) is 0 Å². The van der Waals surface area contributed by atoms with Gasteiger partial charge in [0.1, 0.15) is 10.7 Å². The third-order valence-electron chi connectivity index (χ3n) is 4.85. The van der Waals surface area contributed by atoms with Crippen LogP contribution in [0.2, 0.25) is 0 Å². The zero-order valence-electron chi connectivity index (χ0n) is 12.2. The summed E-state index contributed by atoms with van der Waals surface area (Å²) in [6, 6.07) is 4.30. The van der Waals surface area contributed by atoms with Crippen LogP contribution in [0.25, 0.3) is 0 Å². The Morgan fingerprint density at radius 3 is 2.67 bits per heavy atom. The van der Waals surface area contributed by atoms with E-state index in [-0.39, 0.29) is 10.7 Å². The molecular formula is C14H22N4O2S. The minimum absolute atomic E-state index is 0.0495. The molecule has 0 aliphatic carbocycles. The van der Waals surface area contributed by atoms with E-state index in [4.69, 9.17) is 5.73 Å². The number of hydrogen-bond donors (Lipinski definition) is 2. The summed E-state index contributed by atoms with van der Waals surface area (Å²) < 4.78 is 27.3. The number of piperidine rings is 1. The van der Waals surface area contributed by atoms with Crippen molar-refractivity contribution in [1.29, 1.82) is 0 Å². The summed E-state index contributed by atoms with van der Waals surface area (Å²) in [5.41, 5.74) is 5.65. The fourth-order valence-electron chi connectivity index (χ4n) is 3.63. The molecule has 6 nitrogen and oxygen atoms in total. The van der Waals surface area contributed by atoms with Crippen LogP contribution in [0.5, 0.6) is 0 Å². The first-order valence-electron chi connectivity index (χ1n) is 7.39. The summed E-state index contributed by atoms with van der Waals surface area (Å²) in [6.45, 7) is 0.484. The maximum Gasteiger partial charge on any atom is 0.244 e. The van der Waals surface area contributed by atoms with E-state index in [2.05, 4.69) is 21.7 Å². The molecule has 116 valence electrons. The second kappa shape index (κ2) is 5.55. The van der Waals surface area contributed by atoms with E-state index >= 15 is 0 Å². The average molecular weight is 310 g/mol. The first-order chi connectivity index (χ1) is 9.97. The van der Waals surface area contributed by atoms with E-state index in [0.717, 1.165) is 12.8 Å². The van der Waals surface area contributed by atoms with E-state index in [0.29, 0.717) is 24.5 Å². The number of fused-ring (bicyclic) bond motifs is 2. The van der Waals surface area contributed by atoms with Crippen molar-refractivity contribution in [2.24, 2.45) is 5.92 Å². The fraction of sp³-hybridized carbons (Fsp3) is 0.643. The summed E-state index contributed by atoms with van der Waals surface area (Å²) in [5.74, 6) is 0.458. The molecule has 2 fully saturated rings. The van der Waals surface area contributed by atoms with Crippen molar-refractivity contribution in [3.63, 3.8) is 0 Å². The van der Waals surface area contributed by atoms with Gasteiger partial charge in [-0.15, -0.1) is 0 Å². The highest BCUT2D eigenvalue weighted by Gasteiger charge is 2.38. The lowest BCUT2D eigenvalue weighted by Crippen LogP contribution is -2.43. The minimum atomic E-state index is -3.57. The molecule has 3 rings (SSSR count). The number of sulfonamides is 1. The molecule has 2 atom stereocenters. The molecule has 21 heavy (non-hydrogen) atoms. The molecule has 1 aromatic rings. The Labute approximate surface area is 125 Å². The number of nitrogens with one attached hydrogen (secondary N) is 1. The number of nitrogen functional groups attached to an aromatic ring is 1. The molecule has 2 aliphatic heterocycles. The molecule has 0 saturated carbocycles. The van der Waals surface area contributed by atoms with Crippen LogP contribution in [-0.2, 0) is 10.0 Å². The molecule has 2 saturated heterocycles. The standard InChI is InChI=1S/C14H22N4O2S/c1-18-11-4-5-12(18)8-10(7-11)9-17-21(19,20)13-3-2-6-16-14(13)15/h2-3,6,10-12,17H,4-5,7-9H2,1H3,(H2,15,16). The highest BCUT2D eigenvalue weighted by molar-refractivity contribution is 7.89. The SMILES string of the molecule is CN1C2CCC1CC(CNS(=O)(=O)c1cccnc1N)C2. The molecule has 0 aromatic carbocycles. The van der Waals surface area contributed by atoms with Crippen molar-refractivity contribution in [3.05, 3.63) is 18.3 Å². The van der Waals surface area contributed by atoms with Crippen LogP contribution in [-0.4, -0.2) is 44.0 Å². The molecule has 2 aliphatic rings. The van der Waals surface area contributed by atoms with Gasteiger partial charge in [-0.05, 0) is 50.8 Å². The maximum absolute atomic E-state index is 12.3. The predicted molar refractivity (Wildman–Crippen MR) is 81.1 cm³/mol. The summed E-state index contributed by atoms with van der Waals surface area (Å²) in [7, 11) is -1.39. The van der Waals surface area contributed by atoms with Crippen molar-refractivity contribution in [3.8, 4) is 0 Å². The number of hydrogen-bond acceptors (Lipinski definition) is 5. The van der Waals surface area contributed by atoms with E-state index in [9.17, 15) is 8.42 Å². The van der Waals surface area contributed by atoms with Crippen molar-refractivity contribution >= 4 is 15.8 Å². The molecular weight excluding hydrogens is 288 g/mol. The third-order valence-corrected chi connectivity index (χ3v) is 6.32. The molecule has 0 amide bonds. The van der Waals surface area contributed by atoms with E-state index in [1.165, 1.54) is 25.1 Å². The van der Waals surface area contributed by atoms with Gasteiger partial charge >= 0.3 is 0 Å². The Hall–Kier alpha value is -1.18. The minimum Gasteiger partial charge on any atom is -0.383 e. The number of nitrogens with zero attached hydrogens (tertiary/aromatic N) is 2. The van der Waals surface area contributed by atoms with Crippen molar-refractivity contribution in [2.75, 3.05) is 19.3 Å². The van der Waals surface area contributed by atoms with Gasteiger partial charge in [0, 0.05) is 24.8 Å². The number of pyridine rings is 1. The first kappa shape index (κ1) is 14.7. The fourth-order valence-corrected chi connectivity index (χ4v) is 4.82. The molecule has 2 bridgehead atoms. The Morgan fingerprint density at radius 1 is 1.38 bits per heavy atom. The molecule has 2 unspecified atom stereocenters. The van der Waals surface area contributed by atoms with E-state index in [1.807, 2.05) is 0 Å². The number of nitrogens with two attached hydrogens (primary N) is 1. The number of rotatable bonds is 4. The third kappa shape index (κ3) is 2.90. The normalized spacial score (nSPS) is 29.7. The van der Waals surface area contributed by atoms with Crippen LogP contribution < -0.4 is 10.5 Å². The van der Waals surface area contributed by atoms with E-state index in [1.54, 1.807) is 6.07 Å².